The van der Waals surface area contributed by atoms with Gasteiger partial charge < -0.3 is 15.1 Å². The molecule has 2 aromatic heterocycles. The predicted molar refractivity (Wildman–Crippen MR) is 93.8 cm³/mol. The van der Waals surface area contributed by atoms with E-state index < -0.39 is 15.1 Å². The number of nitrogen functional groups attached to an aromatic ring is 1. The van der Waals surface area contributed by atoms with Crippen molar-refractivity contribution in [2.75, 3.05) is 10.6 Å². The maximum Gasteiger partial charge on any atom is 0.310 e. The molecule has 0 saturated heterocycles. The van der Waals surface area contributed by atoms with E-state index >= 15 is 0 Å². The second kappa shape index (κ2) is 6.02. The number of nitrogens with zero attached hydrogens (tertiary/aromatic N) is 5. The number of aryl methyl sites for hydroxylation is 1. The SMILES string of the molecule is CCc1cc(S(F)(F)(F)(F)F)ccc1N(Cc1nnco1)c1ccnc(N)n1. The molecule has 0 saturated carbocycles. The van der Waals surface area contributed by atoms with Gasteiger partial charge in [-0.3, -0.25) is 0 Å². The standard InChI is InChI=1S/C15H15F5N6OS/c1-2-10-7-11(28(16,17,18,19)20)3-4-12(10)26(8-14-25-23-9-27-14)13-5-6-22-15(21)24-13/h3-7,9H,2,8H2,1H3,(H2,21,22,24). The number of halogens is 5. The number of hydrogen-bond donors (Lipinski definition) is 1. The van der Waals surface area contributed by atoms with Crippen LogP contribution in [0.2, 0.25) is 0 Å². The number of anilines is 3. The van der Waals surface area contributed by atoms with Crippen LogP contribution in [0.3, 0.4) is 0 Å². The van der Waals surface area contributed by atoms with Crippen LogP contribution in [0.25, 0.3) is 0 Å². The van der Waals surface area contributed by atoms with Crippen molar-refractivity contribution in [1.29, 1.82) is 0 Å². The van der Waals surface area contributed by atoms with Gasteiger partial charge in [0.15, 0.2) is 0 Å². The molecule has 28 heavy (non-hydrogen) atoms. The highest BCUT2D eigenvalue weighted by atomic mass is 32.5. The van der Waals surface area contributed by atoms with Crippen molar-refractivity contribution in [3.8, 4) is 0 Å². The Morgan fingerprint density at radius 3 is 2.46 bits per heavy atom. The van der Waals surface area contributed by atoms with Gasteiger partial charge >= 0.3 is 10.2 Å². The van der Waals surface area contributed by atoms with Crippen molar-refractivity contribution in [3.05, 3.63) is 48.3 Å². The molecule has 3 aromatic rings. The smallest absolute Gasteiger partial charge is 0.310 e. The first-order valence-corrected chi connectivity index (χ1v) is 9.80. The monoisotopic (exact) mass is 422 g/mol. The third kappa shape index (κ3) is 4.30. The summed E-state index contributed by atoms with van der Waals surface area (Å²) in [5.41, 5.74) is 5.83. The van der Waals surface area contributed by atoms with Gasteiger partial charge in [-0.25, -0.2) is 4.98 Å². The molecule has 0 amide bonds. The molecule has 2 heterocycles. The van der Waals surface area contributed by atoms with Gasteiger partial charge in [0.05, 0.1) is 0 Å². The second-order valence-electron chi connectivity index (χ2n) is 5.80. The average Bonchev–Trinajstić information content (AvgIpc) is 3.10. The Morgan fingerprint density at radius 1 is 1.14 bits per heavy atom. The van der Waals surface area contributed by atoms with Crippen LogP contribution < -0.4 is 10.6 Å². The number of aromatic nitrogens is 4. The highest BCUT2D eigenvalue weighted by Gasteiger charge is 2.65. The minimum absolute atomic E-state index is 0.0300. The van der Waals surface area contributed by atoms with Gasteiger partial charge in [0.25, 0.3) is 0 Å². The van der Waals surface area contributed by atoms with E-state index in [4.69, 9.17) is 10.2 Å². The lowest BCUT2D eigenvalue weighted by molar-refractivity contribution is 0.364. The Hall–Kier alpha value is -2.96. The lowest BCUT2D eigenvalue weighted by atomic mass is 10.1. The Labute approximate surface area is 156 Å². The van der Waals surface area contributed by atoms with E-state index in [0.717, 1.165) is 12.5 Å². The van der Waals surface area contributed by atoms with E-state index in [1.807, 2.05) is 0 Å². The van der Waals surface area contributed by atoms with Crippen molar-refractivity contribution < 1.29 is 23.8 Å². The summed E-state index contributed by atoms with van der Waals surface area (Å²) in [5, 5.41) is 7.28. The summed E-state index contributed by atoms with van der Waals surface area (Å²) in [5.74, 6) is 0.284. The lowest BCUT2D eigenvalue weighted by Gasteiger charge is -2.41. The van der Waals surface area contributed by atoms with Crippen LogP contribution in [0.15, 0.2) is 46.2 Å². The Kier molecular flexibility index (Phi) is 4.26. The van der Waals surface area contributed by atoms with E-state index in [1.165, 1.54) is 17.2 Å². The first-order chi connectivity index (χ1) is 12.9. The van der Waals surface area contributed by atoms with Crippen LogP contribution >= 0.6 is 10.2 Å². The third-order valence-electron chi connectivity index (χ3n) is 3.80. The van der Waals surface area contributed by atoms with Crippen molar-refractivity contribution in [3.63, 3.8) is 0 Å². The van der Waals surface area contributed by atoms with Crippen LogP contribution in [0, 0.1) is 0 Å². The first-order valence-electron chi connectivity index (χ1n) is 7.85. The van der Waals surface area contributed by atoms with E-state index in [1.54, 1.807) is 6.92 Å². The fourth-order valence-corrected chi connectivity index (χ4v) is 3.24. The van der Waals surface area contributed by atoms with Gasteiger partial charge in [-0.1, -0.05) is 26.4 Å². The molecule has 0 spiro atoms. The molecule has 0 fully saturated rings. The molecule has 7 nitrogen and oxygen atoms in total. The maximum atomic E-state index is 13.2. The summed E-state index contributed by atoms with van der Waals surface area (Å²) in [6.45, 7) is 1.48. The largest absolute Gasteiger partial charge is 0.426 e. The Morgan fingerprint density at radius 2 is 1.89 bits per heavy atom. The van der Waals surface area contributed by atoms with Gasteiger partial charge in [0.1, 0.15) is 17.3 Å². The molecular formula is C15H15F5N6OS. The fourth-order valence-electron chi connectivity index (χ4n) is 2.55. The van der Waals surface area contributed by atoms with Gasteiger partial charge in [0, 0.05) is 11.9 Å². The molecule has 1 aromatic carbocycles. The van der Waals surface area contributed by atoms with E-state index in [9.17, 15) is 19.4 Å². The average molecular weight is 422 g/mol. The molecule has 0 bridgehead atoms. The number of benzene rings is 1. The lowest BCUT2D eigenvalue weighted by Crippen LogP contribution is -2.20. The van der Waals surface area contributed by atoms with Gasteiger partial charge in [0.2, 0.25) is 18.2 Å². The van der Waals surface area contributed by atoms with E-state index in [2.05, 4.69) is 20.2 Å². The summed E-state index contributed by atoms with van der Waals surface area (Å²) in [4.78, 5) is 7.28. The molecule has 2 N–H and O–H groups in total. The fraction of sp³-hybridized carbons (Fsp3) is 0.200. The van der Waals surface area contributed by atoms with Crippen LogP contribution in [-0.4, -0.2) is 20.2 Å². The van der Waals surface area contributed by atoms with Gasteiger partial charge in [-0.2, -0.15) is 4.98 Å². The summed E-state index contributed by atoms with van der Waals surface area (Å²) in [6.07, 6.45) is 2.49. The van der Waals surface area contributed by atoms with Gasteiger partial charge in [-0.05, 0) is 36.2 Å². The summed E-state index contributed by atoms with van der Waals surface area (Å²) in [7, 11) is -9.81. The number of hydrogen-bond acceptors (Lipinski definition) is 7. The topological polar surface area (TPSA) is 94.0 Å². The molecular weight excluding hydrogens is 407 g/mol. The second-order valence-corrected chi connectivity index (χ2v) is 8.21. The summed E-state index contributed by atoms with van der Waals surface area (Å²) in [6, 6.07) is 3.22. The zero-order chi connectivity index (χ0) is 20.6. The van der Waals surface area contributed by atoms with Crippen LogP contribution in [0.5, 0.6) is 0 Å². The molecule has 152 valence electrons. The van der Waals surface area contributed by atoms with Gasteiger partial charge in [-0.15, -0.1) is 10.2 Å². The third-order valence-corrected chi connectivity index (χ3v) is 4.95. The summed E-state index contributed by atoms with van der Waals surface area (Å²) >= 11 is 0. The molecule has 0 aliphatic heterocycles. The highest BCUT2D eigenvalue weighted by Crippen LogP contribution is 3.02. The van der Waals surface area contributed by atoms with Crippen molar-refractivity contribution in [1.82, 2.24) is 20.2 Å². The zero-order valence-electron chi connectivity index (χ0n) is 14.4. The van der Waals surface area contributed by atoms with E-state index in [0.29, 0.717) is 12.1 Å². The first kappa shape index (κ1) is 19.8. The molecule has 0 radical (unpaired) electrons. The number of nitrogens with two attached hydrogens (primary N) is 1. The normalized spacial score (nSPS) is 14.4. The van der Waals surface area contributed by atoms with Crippen LogP contribution in [0.4, 0.5) is 36.9 Å². The minimum atomic E-state index is -9.81. The predicted octanol–water partition coefficient (Wildman–Crippen LogP) is 5.00. The molecule has 0 unspecified atom stereocenters. The van der Waals surface area contributed by atoms with E-state index in [-0.39, 0.29) is 41.9 Å². The quantitative estimate of drug-likeness (QED) is 0.559. The highest BCUT2D eigenvalue weighted by molar-refractivity contribution is 8.45. The van der Waals surface area contributed by atoms with Crippen LogP contribution in [0.1, 0.15) is 18.4 Å². The molecule has 0 aliphatic carbocycles. The van der Waals surface area contributed by atoms with Crippen molar-refractivity contribution in [2.45, 2.75) is 24.8 Å². The van der Waals surface area contributed by atoms with Crippen molar-refractivity contribution >= 4 is 27.7 Å². The molecule has 13 heteroatoms. The molecule has 3 rings (SSSR count). The molecule has 0 aliphatic rings. The van der Waals surface area contributed by atoms with Crippen molar-refractivity contribution in [2.24, 2.45) is 0 Å². The molecule has 0 atom stereocenters. The maximum absolute atomic E-state index is 13.2. The Bertz CT molecular complexity index is 997. The van der Waals surface area contributed by atoms with Crippen LogP contribution in [-0.2, 0) is 13.0 Å². The summed E-state index contributed by atoms with van der Waals surface area (Å²) < 4.78 is 71.1. The number of rotatable bonds is 6. The Balaban J connectivity index is 2.14. The zero-order valence-corrected chi connectivity index (χ0v) is 15.2. The minimum Gasteiger partial charge on any atom is -0.426 e.